The average molecular weight is 407 g/mol. The summed E-state index contributed by atoms with van der Waals surface area (Å²) in [5, 5.41) is 2.90. The Morgan fingerprint density at radius 2 is 1.79 bits per heavy atom. The zero-order valence-corrected chi connectivity index (χ0v) is 17.7. The molecule has 5 nitrogen and oxygen atoms in total. The van der Waals surface area contributed by atoms with Crippen molar-refractivity contribution in [3.63, 3.8) is 0 Å². The number of nitrogens with one attached hydrogen (secondary N) is 1. The normalized spacial score (nSPS) is 13.6. The van der Waals surface area contributed by atoms with Crippen molar-refractivity contribution in [1.29, 1.82) is 0 Å². The number of aryl methyl sites for hydroxylation is 2. The number of rotatable bonds is 7. The van der Waals surface area contributed by atoms with E-state index in [1.807, 2.05) is 39.0 Å². The lowest BCUT2D eigenvalue weighted by atomic mass is 9.99. The Morgan fingerprint density at radius 3 is 2.32 bits per heavy atom. The number of amides is 1. The molecule has 2 rings (SSSR count). The molecule has 7 heteroatoms. The summed E-state index contributed by atoms with van der Waals surface area (Å²) in [6.45, 7) is 7.41. The third kappa shape index (κ3) is 4.90. The Hall–Kier alpha value is -2.41. The molecule has 2 aromatic rings. The highest BCUT2D eigenvalue weighted by molar-refractivity contribution is 7.92. The molecule has 0 fully saturated rings. The van der Waals surface area contributed by atoms with Crippen molar-refractivity contribution in [2.24, 2.45) is 0 Å². The van der Waals surface area contributed by atoms with Gasteiger partial charge in [0.05, 0.1) is 18.0 Å². The van der Waals surface area contributed by atoms with Gasteiger partial charge < -0.3 is 5.32 Å². The van der Waals surface area contributed by atoms with Gasteiger partial charge in [-0.1, -0.05) is 37.3 Å². The maximum absolute atomic E-state index is 14.2. The van der Waals surface area contributed by atoms with E-state index in [1.165, 1.54) is 31.2 Å². The van der Waals surface area contributed by atoms with Crippen molar-refractivity contribution in [2.45, 2.75) is 46.2 Å². The molecule has 0 bridgehead atoms. The molecule has 2 aromatic carbocycles. The van der Waals surface area contributed by atoms with Crippen LogP contribution < -0.4 is 9.62 Å². The van der Waals surface area contributed by atoms with Crippen LogP contribution in [0.1, 0.15) is 43.0 Å². The predicted molar refractivity (Wildman–Crippen MR) is 110 cm³/mol. The molecule has 0 spiro atoms. The minimum absolute atomic E-state index is 0.146. The second-order valence-corrected chi connectivity index (χ2v) is 8.86. The number of halogens is 1. The zero-order chi connectivity index (χ0) is 21.1. The fourth-order valence-corrected chi connectivity index (χ4v) is 4.28. The molecular formula is C21H27FN2O3S. The summed E-state index contributed by atoms with van der Waals surface area (Å²) in [7, 11) is -3.87. The maximum atomic E-state index is 14.2. The Morgan fingerprint density at radius 1 is 1.14 bits per heavy atom. The molecule has 0 unspecified atom stereocenters. The Balaban J connectivity index is 2.31. The first-order valence-electron chi connectivity index (χ1n) is 9.17. The number of carbonyl (C=O) groups is 1. The number of benzene rings is 2. The molecule has 0 saturated carbocycles. The molecule has 0 saturated heterocycles. The molecule has 152 valence electrons. The number of hydrogen-bond donors (Lipinski definition) is 1. The first-order valence-corrected chi connectivity index (χ1v) is 11.0. The molecular weight excluding hydrogens is 379 g/mol. The lowest BCUT2D eigenvalue weighted by Gasteiger charge is -2.30. The lowest BCUT2D eigenvalue weighted by Crippen LogP contribution is -2.48. The van der Waals surface area contributed by atoms with Crippen molar-refractivity contribution in [1.82, 2.24) is 5.32 Å². The van der Waals surface area contributed by atoms with E-state index < -0.39 is 27.8 Å². The van der Waals surface area contributed by atoms with Crippen LogP contribution in [0.2, 0.25) is 0 Å². The topological polar surface area (TPSA) is 66.5 Å². The van der Waals surface area contributed by atoms with Gasteiger partial charge in [0.25, 0.3) is 0 Å². The minimum atomic E-state index is -3.87. The summed E-state index contributed by atoms with van der Waals surface area (Å²) in [5.74, 6) is -1.19. The Kier molecular flexibility index (Phi) is 6.82. The van der Waals surface area contributed by atoms with Crippen molar-refractivity contribution in [3.8, 4) is 0 Å². The van der Waals surface area contributed by atoms with Crippen molar-refractivity contribution < 1.29 is 17.6 Å². The van der Waals surface area contributed by atoms with Crippen LogP contribution in [0.5, 0.6) is 0 Å². The van der Waals surface area contributed by atoms with Crippen LogP contribution in [-0.4, -0.2) is 26.6 Å². The smallest absolute Gasteiger partial charge is 0.244 e. The number of hydrogen-bond acceptors (Lipinski definition) is 3. The second kappa shape index (κ2) is 8.73. The fraction of sp³-hybridized carbons (Fsp3) is 0.381. The van der Waals surface area contributed by atoms with E-state index >= 15 is 0 Å². The molecule has 0 heterocycles. The second-order valence-electron chi connectivity index (χ2n) is 7.00. The first kappa shape index (κ1) is 21.9. The fourth-order valence-electron chi connectivity index (χ4n) is 3.11. The molecule has 0 radical (unpaired) electrons. The van der Waals surface area contributed by atoms with E-state index in [2.05, 4.69) is 5.32 Å². The van der Waals surface area contributed by atoms with Crippen LogP contribution in [0.25, 0.3) is 0 Å². The van der Waals surface area contributed by atoms with Gasteiger partial charge >= 0.3 is 0 Å². The third-order valence-electron chi connectivity index (χ3n) is 4.84. The van der Waals surface area contributed by atoms with Gasteiger partial charge in [0, 0.05) is 0 Å². The summed E-state index contributed by atoms with van der Waals surface area (Å²) in [6, 6.07) is 10.1. The largest absolute Gasteiger partial charge is 0.347 e. The Bertz CT molecular complexity index is 960. The number of nitrogens with zero attached hydrogens (tertiary/aromatic N) is 1. The molecule has 2 atom stereocenters. The molecule has 0 aromatic heterocycles. The van der Waals surface area contributed by atoms with Gasteiger partial charge in [-0.3, -0.25) is 9.10 Å². The van der Waals surface area contributed by atoms with E-state index in [9.17, 15) is 17.6 Å². The van der Waals surface area contributed by atoms with Gasteiger partial charge in [-0.05, 0) is 56.0 Å². The van der Waals surface area contributed by atoms with Gasteiger partial charge in [0.15, 0.2) is 0 Å². The lowest BCUT2D eigenvalue weighted by molar-refractivity contribution is -0.122. The standard InChI is InChI=1S/C21H27FN2O3S/c1-6-19(17-12-11-14(2)15(3)13-17)23-21(25)16(4)24(28(5,26)27)20-10-8-7-9-18(20)22/h7-13,16,19H,6H2,1-5H3,(H,23,25)/t16-,19-/m1/s1. The number of sulfonamides is 1. The first-order chi connectivity index (χ1) is 13.1. The number of para-hydroxylation sites is 1. The van der Waals surface area contributed by atoms with E-state index in [0.717, 1.165) is 27.3 Å². The van der Waals surface area contributed by atoms with Crippen LogP contribution in [0.4, 0.5) is 10.1 Å². The highest BCUT2D eigenvalue weighted by Crippen LogP contribution is 2.25. The average Bonchev–Trinajstić information content (AvgIpc) is 2.62. The zero-order valence-electron chi connectivity index (χ0n) is 16.9. The summed E-state index contributed by atoms with van der Waals surface area (Å²) >= 11 is 0. The molecule has 1 N–H and O–H groups in total. The van der Waals surface area contributed by atoms with Gasteiger partial charge in [-0.2, -0.15) is 0 Å². The predicted octanol–water partition coefficient (Wildman–Crippen LogP) is 3.86. The van der Waals surface area contributed by atoms with E-state index in [4.69, 9.17) is 0 Å². The highest BCUT2D eigenvalue weighted by Gasteiger charge is 2.31. The monoisotopic (exact) mass is 406 g/mol. The third-order valence-corrected chi connectivity index (χ3v) is 6.06. The molecule has 0 aliphatic rings. The SMILES string of the molecule is CC[C@@H](NC(=O)[C@@H](C)N(c1ccccc1F)S(C)(=O)=O)c1ccc(C)c(C)c1. The summed E-state index contributed by atoms with van der Waals surface area (Å²) in [6.07, 6.45) is 1.60. The van der Waals surface area contributed by atoms with E-state index in [0.29, 0.717) is 6.42 Å². The number of anilines is 1. The molecule has 0 aliphatic heterocycles. The van der Waals surface area contributed by atoms with Gasteiger partial charge in [-0.15, -0.1) is 0 Å². The quantitative estimate of drug-likeness (QED) is 0.759. The van der Waals surface area contributed by atoms with Crippen molar-refractivity contribution in [3.05, 3.63) is 65.0 Å². The van der Waals surface area contributed by atoms with Gasteiger partial charge in [0.1, 0.15) is 11.9 Å². The maximum Gasteiger partial charge on any atom is 0.244 e. The molecule has 1 amide bonds. The number of carbonyl (C=O) groups excluding carboxylic acids is 1. The van der Waals surface area contributed by atoms with Crippen molar-refractivity contribution >= 4 is 21.6 Å². The highest BCUT2D eigenvalue weighted by atomic mass is 32.2. The van der Waals surface area contributed by atoms with E-state index in [1.54, 1.807) is 0 Å². The van der Waals surface area contributed by atoms with Crippen LogP contribution in [0.3, 0.4) is 0 Å². The Labute approximate surface area is 166 Å². The van der Waals surface area contributed by atoms with Crippen LogP contribution in [-0.2, 0) is 14.8 Å². The summed E-state index contributed by atoms with van der Waals surface area (Å²) < 4.78 is 39.7. The summed E-state index contributed by atoms with van der Waals surface area (Å²) in [4.78, 5) is 12.9. The van der Waals surface area contributed by atoms with Gasteiger partial charge in [0.2, 0.25) is 15.9 Å². The van der Waals surface area contributed by atoms with E-state index in [-0.39, 0.29) is 11.7 Å². The minimum Gasteiger partial charge on any atom is -0.347 e. The van der Waals surface area contributed by atoms with Crippen LogP contribution in [0.15, 0.2) is 42.5 Å². The van der Waals surface area contributed by atoms with Crippen molar-refractivity contribution in [2.75, 3.05) is 10.6 Å². The molecule has 28 heavy (non-hydrogen) atoms. The van der Waals surface area contributed by atoms with Gasteiger partial charge in [-0.25, -0.2) is 12.8 Å². The summed E-state index contributed by atoms with van der Waals surface area (Å²) in [5.41, 5.74) is 3.07. The van der Waals surface area contributed by atoms with Crippen LogP contribution >= 0.6 is 0 Å². The molecule has 0 aliphatic carbocycles. The van der Waals surface area contributed by atoms with Crippen LogP contribution in [0, 0.1) is 19.7 Å².